The number of Topliss-reactive ketones (excluding diaryl/α,β-unsaturated/α-hetero) is 1. The number of rotatable bonds is 14. The molecule has 142 valence electrons. The maximum Gasteiger partial charge on any atom is 0.163 e. The first-order chi connectivity index (χ1) is 11.4. The Labute approximate surface area is 148 Å². The van der Waals surface area contributed by atoms with Crippen LogP contribution in [0.2, 0.25) is 0 Å². The Morgan fingerprint density at radius 1 is 0.833 bits per heavy atom. The molecule has 0 spiro atoms. The monoisotopic (exact) mass is 342 g/mol. The molecule has 0 amide bonds. The molecule has 1 N–H and O–H groups in total. The number of carbonyl (C=O) groups is 1. The van der Waals surface area contributed by atoms with E-state index in [0.29, 0.717) is 12.4 Å². The molecule has 0 saturated carbocycles. The summed E-state index contributed by atoms with van der Waals surface area (Å²) in [5, 5.41) is 8.83. The first kappa shape index (κ1) is 21.6. The summed E-state index contributed by atoms with van der Waals surface area (Å²) in [6, 6.07) is 0. The van der Waals surface area contributed by atoms with E-state index < -0.39 is 5.79 Å². The molecule has 0 aromatic heterocycles. The highest BCUT2D eigenvalue weighted by Crippen LogP contribution is 2.33. The fourth-order valence-corrected chi connectivity index (χ4v) is 3.46. The van der Waals surface area contributed by atoms with Crippen LogP contribution in [0.1, 0.15) is 97.8 Å². The van der Waals surface area contributed by atoms with E-state index >= 15 is 0 Å². The summed E-state index contributed by atoms with van der Waals surface area (Å²) in [6.07, 6.45) is 13.4. The minimum atomic E-state index is -0.456. The Balaban J connectivity index is 2.16. The first-order valence-electron chi connectivity index (χ1n) is 9.90. The molecule has 0 aromatic carbocycles. The number of carbonyl (C=O) groups excluding carboxylic acids is 1. The number of ketones is 1. The van der Waals surface area contributed by atoms with E-state index in [1.54, 1.807) is 6.92 Å². The molecule has 2 unspecified atom stereocenters. The highest BCUT2D eigenvalue weighted by molar-refractivity contribution is 5.75. The fraction of sp³-hybridized carbons (Fsp3) is 0.950. The van der Waals surface area contributed by atoms with Gasteiger partial charge in [0, 0.05) is 13.0 Å². The predicted octanol–water partition coefficient (Wildman–Crippen LogP) is 4.77. The Morgan fingerprint density at radius 3 is 1.79 bits per heavy atom. The lowest BCUT2D eigenvalue weighted by Gasteiger charge is -2.16. The van der Waals surface area contributed by atoms with E-state index in [-0.39, 0.29) is 12.2 Å². The Morgan fingerprint density at radius 2 is 1.29 bits per heavy atom. The normalized spacial score (nSPS) is 22.8. The largest absolute Gasteiger partial charge is 0.396 e. The van der Waals surface area contributed by atoms with Gasteiger partial charge in [0.1, 0.15) is 5.78 Å². The molecule has 1 aliphatic heterocycles. The number of aliphatic hydroxyl groups is 1. The standard InChI is InChI=1S/C20H38O4/c1-17(22)13-9-5-4-6-10-14-18-19(24-20(2,3)23-18)15-11-7-8-12-16-21/h18-19,21H,4-16H2,1-3H3. The molecule has 1 fully saturated rings. The van der Waals surface area contributed by atoms with Crippen molar-refractivity contribution in [1.82, 2.24) is 0 Å². The lowest BCUT2D eigenvalue weighted by molar-refractivity contribution is -0.147. The van der Waals surface area contributed by atoms with E-state index in [1.165, 1.54) is 19.3 Å². The van der Waals surface area contributed by atoms with Gasteiger partial charge in [-0.2, -0.15) is 0 Å². The molecule has 0 aliphatic carbocycles. The van der Waals surface area contributed by atoms with Crippen LogP contribution in [0.3, 0.4) is 0 Å². The van der Waals surface area contributed by atoms with E-state index in [0.717, 1.165) is 57.8 Å². The van der Waals surface area contributed by atoms with Gasteiger partial charge in [-0.3, -0.25) is 0 Å². The minimum Gasteiger partial charge on any atom is -0.396 e. The third kappa shape index (κ3) is 9.75. The van der Waals surface area contributed by atoms with Crippen LogP contribution in [0, 0.1) is 0 Å². The molecule has 2 atom stereocenters. The van der Waals surface area contributed by atoms with Gasteiger partial charge in [0.15, 0.2) is 5.79 Å². The summed E-state index contributed by atoms with van der Waals surface area (Å²) in [4.78, 5) is 10.9. The van der Waals surface area contributed by atoms with Crippen molar-refractivity contribution in [1.29, 1.82) is 0 Å². The quantitative estimate of drug-likeness (QED) is 0.462. The molecule has 0 radical (unpaired) electrons. The van der Waals surface area contributed by atoms with Crippen molar-refractivity contribution < 1.29 is 19.4 Å². The summed E-state index contributed by atoms with van der Waals surface area (Å²) in [6.45, 7) is 5.98. The van der Waals surface area contributed by atoms with Crippen molar-refractivity contribution in [2.45, 2.75) is 116 Å². The zero-order chi connectivity index (χ0) is 17.8. The maximum absolute atomic E-state index is 10.9. The molecule has 1 saturated heterocycles. The molecule has 1 rings (SSSR count). The average Bonchev–Trinajstić information content (AvgIpc) is 2.80. The molecule has 0 aromatic rings. The van der Waals surface area contributed by atoms with E-state index in [4.69, 9.17) is 14.6 Å². The van der Waals surface area contributed by atoms with Crippen LogP contribution in [0.25, 0.3) is 0 Å². The molecule has 24 heavy (non-hydrogen) atoms. The molecular weight excluding hydrogens is 304 g/mol. The van der Waals surface area contributed by atoms with Gasteiger partial charge >= 0.3 is 0 Å². The lowest BCUT2D eigenvalue weighted by Crippen LogP contribution is -2.22. The van der Waals surface area contributed by atoms with Gasteiger partial charge in [-0.05, 0) is 46.5 Å². The smallest absolute Gasteiger partial charge is 0.163 e. The average molecular weight is 343 g/mol. The van der Waals surface area contributed by atoms with Crippen LogP contribution in [0.5, 0.6) is 0 Å². The second-order valence-corrected chi connectivity index (χ2v) is 7.65. The van der Waals surface area contributed by atoms with Crippen LogP contribution < -0.4 is 0 Å². The van der Waals surface area contributed by atoms with Gasteiger partial charge < -0.3 is 19.4 Å². The molecule has 4 heteroatoms. The van der Waals surface area contributed by atoms with Crippen molar-refractivity contribution in [2.75, 3.05) is 6.61 Å². The summed E-state index contributed by atoms with van der Waals surface area (Å²) >= 11 is 0. The van der Waals surface area contributed by atoms with Crippen molar-refractivity contribution in [3.63, 3.8) is 0 Å². The Kier molecular flexibility index (Phi) is 10.8. The van der Waals surface area contributed by atoms with E-state index in [1.807, 2.05) is 13.8 Å². The summed E-state index contributed by atoms with van der Waals surface area (Å²) in [5.41, 5.74) is 0. The summed E-state index contributed by atoms with van der Waals surface area (Å²) < 4.78 is 12.2. The Bertz CT molecular complexity index is 341. The van der Waals surface area contributed by atoms with Gasteiger partial charge in [0.05, 0.1) is 12.2 Å². The second-order valence-electron chi connectivity index (χ2n) is 7.65. The minimum absolute atomic E-state index is 0.215. The SMILES string of the molecule is CC(=O)CCCCCCCC1OC(C)(C)OC1CCCCCCO. The molecular formula is C20H38O4. The number of aliphatic hydroxyl groups excluding tert-OH is 1. The third-order valence-electron chi connectivity index (χ3n) is 4.70. The first-order valence-corrected chi connectivity index (χ1v) is 9.90. The number of hydrogen-bond donors (Lipinski definition) is 1. The topological polar surface area (TPSA) is 55.8 Å². The van der Waals surface area contributed by atoms with Crippen molar-refractivity contribution >= 4 is 5.78 Å². The molecule has 4 nitrogen and oxygen atoms in total. The maximum atomic E-state index is 10.9. The van der Waals surface area contributed by atoms with Crippen molar-refractivity contribution in [2.24, 2.45) is 0 Å². The lowest BCUT2D eigenvalue weighted by atomic mass is 10.00. The van der Waals surface area contributed by atoms with Crippen LogP contribution in [0.15, 0.2) is 0 Å². The van der Waals surface area contributed by atoms with E-state index in [9.17, 15) is 4.79 Å². The third-order valence-corrected chi connectivity index (χ3v) is 4.70. The molecule has 1 aliphatic rings. The molecule has 1 heterocycles. The van der Waals surface area contributed by atoms with Gasteiger partial charge in [-0.15, -0.1) is 0 Å². The van der Waals surface area contributed by atoms with Gasteiger partial charge in [0.25, 0.3) is 0 Å². The highest BCUT2D eigenvalue weighted by atomic mass is 16.7. The number of ether oxygens (including phenoxy) is 2. The van der Waals surface area contributed by atoms with Crippen LogP contribution in [-0.4, -0.2) is 35.5 Å². The van der Waals surface area contributed by atoms with Crippen molar-refractivity contribution in [3.8, 4) is 0 Å². The predicted molar refractivity (Wildman–Crippen MR) is 97.0 cm³/mol. The van der Waals surface area contributed by atoms with Gasteiger partial charge in [-0.1, -0.05) is 44.9 Å². The summed E-state index contributed by atoms with van der Waals surface area (Å²) in [5.74, 6) is -0.155. The number of unbranched alkanes of at least 4 members (excludes halogenated alkanes) is 7. The fourth-order valence-electron chi connectivity index (χ4n) is 3.46. The number of hydrogen-bond acceptors (Lipinski definition) is 4. The van der Waals surface area contributed by atoms with Crippen molar-refractivity contribution in [3.05, 3.63) is 0 Å². The zero-order valence-corrected chi connectivity index (χ0v) is 16.0. The van der Waals surface area contributed by atoms with Gasteiger partial charge in [-0.25, -0.2) is 0 Å². The molecule has 0 bridgehead atoms. The van der Waals surface area contributed by atoms with Crippen LogP contribution >= 0.6 is 0 Å². The summed E-state index contributed by atoms with van der Waals surface area (Å²) in [7, 11) is 0. The van der Waals surface area contributed by atoms with Crippen LogP contribution in [0.4, 0.5) is 0 Å². The van der Waals surface area contributed by atoms with Crippen LogP contribution in [-0.2, 0) is 14.3 Å². The van der Waals surface area contributed by atoms with Gasteiger partial charge in [0.2, 0.25) is 0 Å². The zero-order valence-electron chi connectivity index (χ0n) is 16.0. The second kappa shape index (κ2) is 12.0. The Hall–Kier alpha value is -0.450. The highest BCUT2D eigenvalue weighted by Gasteiger charge is 2.40. The van der Waals surface area contributed by atoms with E-state index in [2.05, 4.69) is 0 Å².